The first-order valence-corrected chi connectivity index (χ1v) is 11.2. The summed E-state index contributed by atoms with van der Waals surface area (Å²) < 4.78 is 8.02. The Morgan fingerprint density at radius 1 is 1.16 bits per heavy atom. The van der Waals surface area contributed by atoms with E-state index >= 15 is 0 Å². The van der Waals surface area contributed by atoms with Gasteiger partial charge in [-0.05, 0) is 35.4 Å². The molecule has 2 aromatic carbocycles. The molecule has 0 aliphatic carbocycles. The van der Waals surface area contributed by atoms with Crippen LogP contribution in [0.5, 0.6) is 0 Å². The molecule has 0 saturated heterocycles. The number of thioether (sulfide) groups is 1. The summed E-state index contributed by atoms with van der Waals surface area (Å²) in [5.74, 6) is 0.890. The summed E-state index contributed by atoms with van der Waals surface area (Å²) in [5.41, 5.74) is 2.17. The van der Waals surface area contributed by atoms with Crippen LogP contribution < -0.4 is 0 Å². The van der Waals surface area contributed by atoms with Crippen molar-refractivity contribution in [3.63, 3.8) is 0 Å². The van der Waals surface area contributed by atoms with E-state index in [1.54, 1.807) is 12.3 Å². The van der Waals surface area contributed by atoms with Crippen LogP contribution in [-0.2, 0) is 23.6 Å². The van der Waals surface area contributed by atoms with Gasteiger partial charge in [-0.15, -0.1) is 21.9 Å². The van der Waals surface area contributed by atoms with Crippen molar-refractivity contribution in [3.05, 3.63) is 97.5 Å². The molecule has 31 heavy (non-hydrogen) atoms. The number of benzene rings is 2. The highest BCUT2D eigenvalue weighted by Gasteiger charge is 2.12. The standard InChI is InChI=1S/C20H19Cl3N2OS.HNO3/c21-17-4-1-15(2-5-17)13-27-19(10-25-8-7-24-14-25)12-26-11-16-3-6-18(22)9-20(16)23;2-1(3)4/h1-9,14,19H,10-13H2;(H,2,3,4). The number of aromatic nitrogens is 2. The highest BCUT2D eigenvalue weighted by Crippen LogP contribution is 2.24. The van der Waals surface area contributed by atoms with Crippen LogP contribution in [0.4, 0.5) is 0 Å². The number of hydrogen-bond acceptors (Lipinski definition) is 5. The van der Waals surface area contributed by atoms with Gasteiger partial charge < -0.3 is 14.5 Å². The summed E-state index contributed by atoms with van der Waals surface area (Å²) in [4.78, 5) is 12.5. The van der Waals surface area contributed by atoms with Crippen molar-refractivity contribution in [2.24, 2.45) is 0 Å². The zero-order chi connectivity index (χ0) is 22.6. The van der Waals surface area contributed by atoms with E-state index in [-0.39, 0.29) is 5.25 Å². The van der Waals surface area contributed by atoms with E-state index in [1.165, 1.54) is 5.56 Å². The number of imidazole rings is 1. The Morgan fingerprint density at radius 2 is 1.84 bits per heavy atom. The largest absolute Gasteiger partial charge is 0.375 e. The minimum absolute atomic E-state index is 0.279. The maximum atomic E-state index is 8.36. The Morgan fingerprint density at radius 3 is 2.45 bits per heavy atom. The molecule has 1 atom stereocenters. The highest BCUT2D eigenvalue weighted by atomic mass is 35.5. The van der Waals surface area contributed by atoms with E-state index in [0.29, 0.717) is 23.3 Å². The third kappa shape index (κ3) is 10.3. The molecule has 7 nitrogen and oxygen atoms in total. The fourth-order valence-electron chi connectivity index (χ4n) is 2.52. The van der Waals surface area contributed by atoms with Crippen LogP contribution in [0.15, 0.2) is 61.2 Å². The van der Waals surface area contributed by atoms with Crippen LogP contribution in [0.1, 0.15) is 11.1 Å². The molecule has 1 N–H and O–H groups in total. The van der Waals surface area contributed by atoms with Gasteiger partial charge in [0.2, 0.25) is 0 Å². The lowest BCUT2D eigenvalue weighted by atomic mass is 10.2. The maximum absolute atomic E-state index is 8.36. The van der Waals surface area contributed by atoms with Crippen molar-refractivity contribution in [1.29, 1.82) is 0 Å². The molecule has 1 aromatic heterocycles. The summed E-state index contributed by atoms with van der Waals surface area (Å²) in [6, 6.07) is 13.4. The Labute approximate surface area is 199 Å². The van der Waals surface area contributed by atoms with Crippen LogP contribution in [0.25, 0.3) is 0 Å². The van der Waals surface area contributed by atoms with Gasteiger partial charge >= 0.3 is 0 Å². The third-order valence-electron chi connectivity index (χ3n) is 3.95. The van der Waals surface area contributed by atoms with Crippen LogP contribution in [0.3, 0.4) is 0 Å². The topological polar surface area (TPSA) is 90.4 Å². The van der Waals surface area contributed by atoms with Crippen LogP contribution in [0, 0.1) is 10.1 Å². The number of nitrogens with zero attached hydrogens (tertiary/aromatic N) is 3. The lowest BCUT2D eigenvalue weighted by molar-refractivity contribution is -0.742. The summed E-state index contributed by atoms with van der Waals surface area (Å²) in [7, 11) is 0. The molecular weight excluding hydrogens is 485 g/mol. The molecule has 3 aromatic rings. The van der Waals surface area contributed by atoms with Crippen molar-refractivity contribution in [2.45, 2.75) is 24.2 Å². The molecule has 0 aliphatic rings. The van der Waals surface area contributed by atoms with Crippen LogP contribution >= 0.6 is 46.6 Å². The second-order valence-electron chi connectivity index (χ2n) is 6.31. The molecular formula is C20H20Cl3N3O4S. The van der Waals surface area contributed by atoms with Gasteiger partial charge in [0, 0.05) is 45.0 Å². The zero-order valence-electron chi connectivity index (χ0n) is 16.2. The molecule has 0 radical (unpaired) electrons. The second kappa shape index (κ2) is 13.4. The number of rotatable bonds is 9. The van der Waals surface area contributed by atoms with E-state index in [1.807, 2.05) is 48.6 Å². The van der Waals surface area contributed by atoms with Gasteiger partial charge in [0.25, 0.3) is 5.09 Å². The predicted molar refractivity (Wildman–Crippen MR) is 124 cm³/mol. The lowest BCUT2D eigenvalue weighted by Crippen LogP contribution is -2.19. The Kier molecular flexibility index (Phi) is 11.0. The van der Waals surface area contributed by atoms with Crippen LogP contribution in [-0.4, -0.2) is 31.7 Å². The SMILES string of the molecule is Clc1ccc(CSC(COCc2ccc(Cl)cc2Cl)Cn2ccnc2)cc1.O=[N+]([O-])O. The van der Waals surface area contributed by atoms with Gasteiger partial charge in [0.15, 0.2) is 0 Å². The molecule has 11 heteroatoms. The van der Waals surface area contributed by atoms with E-state index in [9.17, 15) is 0 Å². The minimum Gasteiger partial charge on any atom is -0.375 e. The van der Waals surface area contributed by atoms with Crippen molar-refractivity contribution < 1.29 is 15.0 Å². The summed E-state index contributed by atoms with van der Waals surface area (Å²) in [6.07, 6.45) is 5.58. The number of ether oxygens (including phenoxy) is 1. The van der Waals surface area contributed by atoms with Crippen LogP contribution in [0.2, 0.25) is 15.1 Å². The number of halogens is 3. The second-order valence-corrected chi connectivity index (χ2v) is 8.88. The fourth-order valence-corrected chi connectivity index (χ4v) is 4.20. The van der Waals surface area contributed by atoms with E-state index in [4.69, 9.17) is 54.9 Å². The molecule has 166 valence electrons. The Balaban J connectivity index is 0.000000785. The normalized spacial score (nSPS) is 11.5. The predicted octanol–water partition coefficient (Wildman–Crippen LogP) is 6.01. The molecule has 0 spiro atoms. The average molecular weight is 505 g/mol. The van der Waals surface area contributed by atoms with Crippen molar-refractivity contribution in [1.82, 2.24) is 9.55 Å². The smallest absolute Gasteiger partial charge is 0.291 e. The molecule has 3 rings (SSSR count). The van der Waals surface area contributed by atoms with Gasteiger partial charge in [-0.1, -0.05) is 53.0 Å². The van der Waals surface area contributed by atoms with Gasteiger partial charge in [-0.2, -0.15) is 0 Å². The van der Waals surface area contributed by atoms with E-state index < -0.39 is 5.09 Å². The van der Waals surface area contributed by atoms with Gasteiger partial charge in [0.05, 0.1) is 19.5 Å². The monoisotopic (exact) mass is 503 g/mol. The first kappa shape index (κ1) is 25.3. The third-order valence-corrected chi connectivity index (χ3v) is 6.04. The van der Waals surface area contributed by atoms with E-state index in [2.05, 4.69) is 21.7 Å². The lowest BCUT2D eigenvalue weighted by Gasteiger charge is -2.18. The molecule has 0 aliphatic heterocycles. The molecule has 0 amide bonds. The fraction of sp³-hybridized carbons (Fsp3) is 0.250. The minimum atomic E-state index is -1.50. The Bertz CT molecular complexity index is 939. The first-order chi connectivity index (χ1) is 14.8. The van der Waals surface area contributed by atoms with E-state index in [0.717, 1.165) is 22.9 Å². The molecule has 1 heterocycles. The molecule has 0 saturated carbocycles. The summed E-state index contributed by atoms with van der Waals surface area (Å²) in [6.45, 7) is 1.89. The van der Waals surface area contributed by atoms with Crippen molar-refractivity contribution >= 4 is 46.6 Å². The average Bonchev–Trinajstić information content (AvgIpc) is 3.21. The van der Waals surface area contributed by atoms with Gasteiger partial charge in [0.1, 0.15) is 0 Å². The quantitative estimate of drug-likeness (QED) is 0.283. The zero-order valence-corrected chi connectivity index (χ0v) is 19.3. The maximum Gasteiger partial charge on any atom is 0.291 e. The molecule has 0 fully saturated rings. The van der Waals surface area contributed by atoms with Gasteiger partial charge in [-0.3, -0.25) is 0 Å². The molecule has 1 unspecified atom stereocenters. The number of hydrogen-bond donors (Lipinski definition) is 1. The molecule has 0 bridgehead atoms. The first-order valence-electron chi connectivity index (χ1n) is 9.00. The summed E-state index contributed by atoms with van der Waals surface area (Å²) in [5, 5.41) is 15.9. The van der Waals surface area contributed by atoms with Gasteiger partial charge in [-0.25, -0.2) is 4.98 Å². The Hall–Kier alpha value is -1.97. The highest BCUT2D eigenvalue weighted by molar-refractivity contribution is 7.99. The van der Waals surface area contributed by atoms with Crippen molar-refractivity contribution in [2.75, 3.05) is 6.61 Å². The van der Waals surface area contributed by atoms with Crippen molar-refractivity contribution in [3.8, 4) is 0 Å². The summed E-state index contributed by atoms with van der Waals surface area (Å²) >= 11 is 20.0.